The Labute approximate surface area is 70.9 Å². The molecule has 0 unspecified atom stereocenters. The summed E-state index contributed by atoms with van der Waals surface area (Å²) >= 11 is 3.08. The number of halogens is 1. The summed E-state index contributed by atoms with van der Waals surface area (Å²) in [4.78, 5) is 10.4. The van der Waals surface area contributed by atoms with E-state index in [1.807, 2.05) is 0 Å². The number of aromatic nitrogens is 2. The maximum atomic E-state index is 10.4. The van der Waals surface area contributed by atoms with Crippen molar-refractivity contribution in [3.8, 4) is 0 Å². The predicted molar refractivity (Wildman–Crippen MR) is 42.3 cm³/mol. The number of nitrogen functional groups attached to an aromatic ring is 1. The van der Waals surface area contributed by atoms with Gasteiger partial charge in [-0.1, -0.05) is 0 Å². The van der Waals surface area contributed by atoms with Gasteiger partial charge in [-0.2, -0.15) is 5.10 Å². The van der Waals surface area contributed by atoms with Crippen LogP contribution in [-0.2, 0) is 7.05 Å². The minimum Gasteiger partial charge on any atom is -0.476 e. The Balaban J connectivity index is 3.29. The van der Waals surface area contributed by atoms with Crippen molar-refractivity contribution in [1.29, 1.82) is 0 Å². The van der Waals surface area contributed by atoms with Crippen molar-refractivity contribution >= 4 is 27.6 Å². The van der Waals surface area contributed by atoms with Crippen LogP contribution < -0.4 is 5.73 Å². The van der Waals surface area contributed by atoms with E-state index in [9.17, 15) is 4.79 Å². The Morgan fingerprint density at radius 2 is 2.36 bits per heavy atom. The maximum Gasteiger partial charge on any atom is 0.358 e. The molecule has 11 heavy (non-hydrogen) atoms. The van der Waals surface area contributed by atoms with Gasteiger partial charge in [-0.25, -0.2) is 4.79 Å². The van der Waals surface area contributed by atoms with Gasteiger partial charge in [0.2, 0.25) is 0 Å². The number of carboxylic acids is 1. The number of aromatic carboxylic acids is 1. The molecule has 0 aliphatic rings. The van der Waals surface area contributed by atoms with Crippen molar-refractivity contribution in [3.63, 3.8) is 0 Å². The van der Waals surface area contributed by atoms with Crippen molar-refractivity contribution in [2.75, 3.05) is 5.73 Å². The fourth-order valence-electron chi connectivity index (χ4n) is 0.678. The van der Waals surface area contributed by atoms with Gasteiger partial charge in [0.1, 0.15) is 4.60 Å². The number of carbonyl (C=O) groups is 1. The lowest BCUT2D eigenvalue weighted by molar-refractivity contribution is 0.0691. The van der Waals surface area contributed by atoms with Gasteiger partial charge in [-0.3, -0.25) is 4.68 Å². The monoisotopic (exact) mass is 219 g/mol. The molecule has 1 aromatic rings. The fraction of sp³-hybridized carbons (Fsp3) is 0.200. The van der Waals surface area contributed by atoms with E-state index in [0.717, 1.165) is 0 Å². The van der Waals surface area contributed by atoms with Gasteiger partial charge >= 0.3 is 5.97 Å². The van der Waals surface area contributed by atoms with Crippen LogP contribution in [0.3, 0.4) is 0 Å². The van der Waals surface area contributed by atoms with Crippen LogP contribution in [0.2, 0.25) is 0 Å². The molecule has 0 saturated heterocycles. The van der Waals surface area contributed by atoms with Gasteiger partial charge in [-0.05, 0) is 15.9 Å². The highest BCUT2D eigenvalue weighted by Crippen LogP contribution is 2.21. The van der Waals surface area contributed by atoms with Crippen LogP contribution in [0.5, 0.6) is 0 Å². The number of hydrogen-bond acceptors (Lipinski definition) is 3. The lowest BCUT2D eigenvalue weighted by Gasteiger charge is -1.88. The standard InChI is InChI=1S/C5H6BrN3O2/c1-9-4(6)2(7)3(8-9)5(10)11/h7H2,1H3,(H,10,11). The van der Waals surface area contributed by atoms with E-state index in [0.29, 0.717) is 4.60 Å². The molecule has 0 atom stereocenters. The van der Waals surface area contributed by atoms with E-state index >= 15 is 0 Å². The zero-order chi connectivity index (χ0) is 8.59. The summed E-state index contributed by atoms with van der Waals surface area (Å²) in [7, 11) is 1.60. The quantitative estimate of drug-likeness (QED) is 0.720. The van der Waals surface area contributed by atoms with Crippen LogP contribution in [0.15, 0.2) is 4.60 Å². The van der Waals surface area contributed by atoms with Crippen LogP contribution in [-0.4, -0.2) is 20.9 Å². The van der Waals surface area contributed by atoms with Crippen molar-refractivity contribution in [3.05, 3.63) is 10.3 Å². The molecule has 3 N–H and O–H groups in total. The highest BCUT2D eigenvalue weighted by atomic mass is 79.9. The minimum absolute atomic E-state index is 0.126. The van der Waals surface area contributed by atoms with Gasteiger partial charge in [0, 0.05) is 7.05 Å². The average Bonchev–Trinajstić information content (AvgIpc) is 2.17. The molecule has 1 rings (SSSR count). The third-order valence-corrected chi connectivity index (χ3v) is 2.15. The number of anilines is 1. The molecular formula is C5H6BrN3O2. The number of nitrogens with two attached hydrogens (primary N) is 1. The predicted octanol–water partition coefficient (Wildman–Crippen LogP) is 0.463. The molecule has 0 spiro atoms. The summed E-state index contributed by atoms with van der Waals surface area (Å²) in [6, 6.07) is 0. The maximum absolute atomic E-state index is 10.4. The first-order valence-corrected chi connectivity index (χ1v) is 3.54. The smallest absolute Gasteiger partial charge is 0.358 e. The number of aryl methyl sites for hydroxylation is 1. The number of hydrogen-bond donors (Lipinski definition) is 2. The first-order valence-electron chi connectivity index (χ1n) is 2.75. The lowest BCUT2D eigenvalue weighted by atomic mass is 10.4. The van der Waals surface area contributed by atoms with Gasteiger partial charge in [0.15, 0.2) is 5.69 Å². The molecule has 0 aromatic carbocycles. The third-order valence-electron chi connectivity index (χ3n) is 1.21. The second-order valence-corrected chi connectivity index (χ2v) is 2.73. The van der Waals surface area contributed by atoms with E-state index in [2.05, 4.69) is 21.0 Å². The molecule has 0 amide bonds. The first-order chi connectivity index (χ1) is 5.04. The molecular weight excluding hydrogens is 214 g/mol. The molecule has 0 fully saturated rings. The molecule has 0 aliphatic carbocycles. The van der Waals surface area contributed by atoms with Gasteiger partial charge in [0.05, 0.1) is 5.69 Å². The molecule has 0 bridgehead atoms. The Bertz CT molecular complexity index is 307. The van der Waals surface area contributed by atoms with Gasteiger partial charge in [-0.15, -0.1) is 0 Å². The minimum atomic E-state index is -1.12. The zero-order valence-electron chi connectivity index (χ0n) is 5.71. The second-order valence-electron chi connectivity index (χ2n) is 1.98. The summed E-state index contributed by atoms with van der Waals surface area (Å²) in [6.07, 6.45) is 0. The molecule has 0 aliphatic heterocycles. The molecule has 1 aromatic heterocycles. The van der Waals surface area contributed by atoms with Crippen molar-refractivity contribution in [2.45, 2.75) is 0 Å². The van der Waals surface area contributed by atoms with Crippen LogP contribution in [0.25, 0.3) is 0 Å². The van der Waals surface area contributed by atoms with E-state index < -0.39 is 5.97 Å². The topological polar surface area (TPSA) is 81.1 Å². The fourth-order valence-corrected chi connectivity index (χ4v) is 0.945. The molecule has 0 radical (unpaired) electrons. The number of rotatable bonds is 1. The van der Waals surface area contributed by atoms with Crippen LogP contribution in [0.4, 0.5) is 5.69 Å². The molecule has 60 valence electrons. The van der Waals surface area contributed by atoms with Gasteiger partial charge < -0.3 is 10.8 Å². The molecule has 0 saturated carbocycles. The highest BCUT2D eigenvalue weighted by Gasteiger charge is 2.16. The number of nitrogens with zero attached hydrogens (tertiary/aromatic N) is 2. The Morgan fingerprint density at radius 1 is 1.82 bits per heavy atom. The largest absolute Gasteiger partial charge is 0.476 e. The first kappa shape index (κ1) is 8.06. The van der Waals surface area contributed by atoms with Crippen molar-refractivity contribution in [2.24, 2.45) is 7.05 Å². The van der Waals surface area contributed by atoms with Crippen LogP contribution in [0, 0.1) is 0 Å². The Kier molecular flexibility index (Phi) is 1.86. The summed E-state index contributed by atoms with van der Waals surface area (Å²) < 4.78 is 1.84. The zero-order valence-corrected chi connectivity index (χ0v) is 7.29. The molecule has 6 heteroatoms. The highest BCUT2D eigenvalue weighted by molar-refractivity contribution is 9.10. The van der Waals surface area contributed by atoms with Crippen LogP contribution in [0.1, 0.15) is 10.5 Å². The van der Waals surface area contributed by atoms with Crippen molar-refractivity contribution < 1.29 is 9.90 Å². The van der Waals surface area contributed by atoms with E-state index in [1.54, 1.807) is 7.05 Å². The summed E-state index contributed by atoms with van der Waals surface area (Å²) in [6.45, 7) is 0. The van der Waals surface area contributed by atoms with E-state index in [1.165, 1.54) is 4.68 Å². The van der Waals surface area contributed by atoms with Crippen LogP contribution >= 0.6 is 15.9 Å². The normalized spacial score (nSPS) is 10.0. The second kappa shape index (κ2) is 2.54. The van der Waals surface area contributed by atoms with Crippen molar-refractivity contribution in [1.82, 2.24) is 9.78 Å². The van der Waals surface area contributed by atoms with Gasteiger partial charge in [0.25, 0.3) is 0 Å². The lowest BCUT2D eigenvalue weighted by Crippen LogP contribution is -2.01. The average molecular weight is 220 g/mol. The summed E-state index contributed by atoms with van der Waals surface area (Å²) in [5.74, 6) is -1.12. The molecule has 1 heterocycles. The SMILES string of the molecule is Cn1nc(C(=O)O)c(N)c1Br. The summed E-state index contributed by atoms with van der Waals surface area (Å²) in [5, 5.41) is 12.2. The van der Waals surface area contributed by atoms with E-state index in [-0.39, 0.29) is 11.4 Å². The number of carboxylic acid groups (broad SMARTS) is 1. The van der Waals surface area contributed by atoms with E-state index in [4.69, 9.17) is 10.8 Å². The third kappa shape index (κ3) is 1.21. The Morgan fingerprint density at radius 3 is 2.55 bits per heavy atom. The molecule has 5 nitrogen and oxygen atoms in total. The summed E-state index contributed by atoms with van der Waals surface area (Å²) in [5.41, 5.74) is 5.42. The Hall–Kier alpha value is -1.04.